The third-order valence-electron chi connectivity index (χ3n) is 4.86. The number of rotatable bonds is 8. The standard InChI is InChI=1S/C16H18N4O7S/c21-14(22)4-2-1-3-13-15-10(8-28-13)17-16(23)18(15)11-6-5-9(19(24)25)7-12(11)20(26)27/h5-7,10,13,15H,1-4,8H2,(H,17,23)(H,21,22)/t10-,13-,15-/m1/s1. The summed E-state index contributed by atoms with van der Waals surface area (Å²) in [7, 11) is 0. The van der Waals surface area contributed by atoms with Crippen LogP contribution in [0.1, 0.15) is 25.7 Å². The summed E-state index contributed by atoms with van der Waals surface area (Å²) in [5.41, 5.74) is -0.886. The summed E-state index contributed by atoms with van der Waals surface area (Å²) in [6.45, 7) is 0. The zero-order valence-electron chi connectivity index (χ0n) is 14.6. The summed E-state index contributed by atoms with van der Waals surface area (Å²) in [5.74, 6) is -0.213. The molecule has 0 saturated carbocycles. The quantitative estimate of drug-likeness (QED) is 0.286. The van der Waals surface area contributed by atoms with E-state index in [4.69, 9.17) is 5.11 Å². The van der Waals surface area contributed by atoms with Crippen molar-refractivity contribution < 1.29 is 24.5 Å². The number of thioether (sulfide) groups is 1. The number of carboxylic acids is 1. The molecule has 150 valence electrons. The van der Waals surface area contributed by atoms with Gasteiger partial charge in [-0.3, -0.25) is 29.9 Å². The molecule has 2 saturated heterocycles. The number of non-ortho nitro benzene ring substituents is 1. The van der Waals surface area contributed by atoms with Gasteiger partial charge in [0.2, 0.25) is 0 Å². The molecule has 2 heterocycles. The lowest BCUT2D eigenvalue weighted by molar-refractivity contribution is -0.393. The van der Waals surface area contributed by atoms with Gasteiger partial charge in [-0.1, -0.05) is 6.42 Å². The number of carboxylic acid groups (broad SMARTS) is 1. The normalized spacial score (nSPS) is 23.4. The number of aliphatic carboxylic acids is 1. The first-order valence-electron chi connectivity index (χ1n) is 8.65. The minimum absolute atomic E-state index is 0.00691. The van der Waals surface area contributed by atoms with E-state index in [1.54, 1.807) is 11.8 Å². The summed E-state index contributed by atoms with van der Waals surface area (Å²) in [6.07, 6.45) is 1.92. The minimum atomic E-state index is -0.863. The highest BCUT2D eigenvalue weighted by Gasteiger charge is 2.50. The topological polar surface area (TPSA) is 156 Å². The van der Waals surface area contributed by atoms with Crippen molar-refractivity contribution >= 4 is 40.8 Å². The highest BCUT2D eigenvalue weighted by Crippen LogP contribution is 2.43. The summed E-state index contributed by atoms with van der Waals surface area (Å²) in [5, 5.41) is 34.0. The van der Waals surface area contributed by atoms with Gasteiger partial charge < -0.3 is 10.4 Å². The lowest BCUT2D eigenvalue weighted by Gasteiger charge is -2.27. The Morgan fingerprint density at radius 1 is 1.29 bits per heavy atom. The van der Waals surface area contributed by atoms with Crippen LogP contribution in [0.25, 0.3) is 0 Å². The van der Waals surface area contributed by atoms with Gasteiger partial charge in [-0.2, -0.15) is 11.8 Å². The van der Waals surface area contributed by atoms with Crippen LogP contribution in [0.3, 0.4) is 0 Å². The molecule has 1 aromatic carbocycles. The van der Waals surface area contributed by atoms with Gasteiger partial charge in [0.05, 0.1) is 28.0 Å². The molecule has 0 radical (unpaired) electrons. The van der Waals surface area contributed by atoms with Gasteiger partial charge >= 0.3 is 12.0 Å². The average Bonchev–Trinajstić information content (AvgIpc) is 3.16. The van der Waals surface area contributed by atoms with Crippen molar-refractivity contribution in [2.24, 2.45) is 0 Å². The Morgan fingerprint density at radius 2 is 2.04 bits per heavy atom. The minimum Gasteiger partial charge on any atom is -0.481 e. The second-order valence-corrected chi connectivity index (χ2v) is 7.89. The molecule has 0 aliphatic carbocycles. The molecule has 0 spiro atoms. The molecular weight excluding hydrogens is 392 g/mol. The van der Waals surface area contributed by atoms with E-state index in [-0.39, 0.29) is 29.4 Å². The van der Waals surface area contributed by atoms with Gasteiger partial charge in [0.15, 0.2) is 0 Å². The summed E-state index contributed by atoms with van der Waals surface area (Å²) < 4.78 is 0. The predicted molar refractivity (Wildman–Crippen MR) is 101 cm³/mol. The first kappa shape index (κ1) is 19.9. The lowest BCUT2D eigenvalue weighted by Crippen LogP contribution is -2.41. The fourth-order valence-electron chi connectivity index (χ4n) is 3.64. The summed E-state index contributed by atoms with van der Waals surface area (Å²) in [6, 6.07) is 2.26. The van der Waals surface area contributed by atoms with Gasteiger partial charge in [0.25, 0.3) is 11.4 Å². The predicted octanol–water partition coefficient (Wildman–Crippen LogP) is 2.53. The van der Waals surface area contributed by atoms with Crippen molar-refractivity contribution in [3.05, 3.63) is 38.4 Å². The van der Waals surface area contributed by atoms with E-state index in [1.807, 2.05) is 0 Å². The van der Waals surface area contributed by atoms with E-state index in [1.165, 1.54) is 11.0 Å². The number of nitrogens with zero attached hydrogens (tertiary/aromatic N) is 3. The van der Waals surface area contributed by atoms with Gasteiger partial charge in [0, 0.05) is 23.5 Å². The summed E-state index contributed by atoms with van der Waals surface area (Å²) in [4.78, 5) is 45.5. The zero-order chi connectivity index (χ0) is 20.4. The number of carbonyl (C=O) groups is 2. The Bertz CT molecular complexity index is 833. The molecule has 12 heteroatoms. The van der Waals surface area contributed by atoms with Gasteiger partial charge in [-0.15, -0.1) is 0 Å². The van der Waals surface area contributed by atoms with E-state index < -0.39 is 33.2 Å². The third-order valence-corrected chi connectivity index (χ3v) is 6.36. The summed E-state index contributed by atoms with van der Waals surface area (Å²) >= 11 is 1.63. The van der Waals surface area contributed by atoms with E-state index in [0.717, 1.165) is 12.1 Å². The molecule has 2 N–H and O–H groups in total. The number of hydrogen-bond acceptors (Lipinski definition) is 7. The van der Waals surface area contributed by atoms with Crippen LogP contribution >= 0.6 is 11.8 Å². The molecule has 2 aliphatic heterocycles. The third kappa shape index (κ3) is 3.86. The number of nitro groups is 2. The number of carbonyl (C=O) groups excluding carboxylic acids is 1. The fraction of sp³-hybridized carbons (Fsp3) is 0.500. The molecule has 0 aromatic heterocycles. The number of nitrogens with one attached hydrogen (secondary N) is 1. The van der Waals surface area contributed by atoms with Crippen LogP contribution in [0, 0.1) is 20.2 Å². The molecule has 1 aromatic rings. The van der Waals surface area contributed by atoms with E-state index in [0.29, 0.717) is 25.0 Å². The van der Waals surface area contributed by atoms with Crippen LogP contribution in [0.4, 0.5) is 21.9 Å². The van der Waals surface area contributed by atoms with Crippen LogP contribution in [-0.2, 0) is 4.79 Å². The van der Waals surface area contributed by atoms with Gasteiger partial charge in [-0.05, 0) is 18.9 Å². The van der Waals surface area contributed by atoms with Crippen molar-refractivity contribution in [2.45, 2.75) is 43.0 Å². The Balaban J connectivity index is 1.86. The van der Waals surface area contributed by atoms with Crippen molar-refractivity contribution in [2.75, 3.05) is 10.7 Å². The SMILES string of the molecule is O=C(O)CCCC[C@H]1SC[C@H]2NC(=O)N(c3ccc([N+](=O)[O-])cc3[N+](=O)[O-])[C@H]21. The molecule has 2 fully saturated rings. The number of unbranched alkanes of at least 4 members (excludes halogenated alkanes) is 1. The Labute approximate surface area is 163 Å². The molecule has 2 aliphatic rings. The number of hydrogen-bond donors (Lipinski definition) is 2. The number of benzene rings is 1. The number of anilines is 1. The Kier molecular flexibility index (Phi) is 5.68. The maximum atomic E-state index is 12.5. The number of nitro benzene ring substituents is 2. The largest absolute Gasteiger partial charge is 0.481 e. The number of fused-ring (bicyclic) bond motifs is 1. The molecule has 28 heavy (non-hydrogen) atoms. The molecule has 11 nitrogen and oxygen atoms in total. The van der Waals surface area contributed by atoms with E-state index in [9.17, 15) is 29.8 Å². The molecule has 3 atom stereocenters. The van der Waals surface area contributed by atoms with Crippen molar-refractivity contribution in [1.82, 2.24) is 5.32 Å². The lowest BCUT2D eigenvalue weighted by atomic mass is 10.0. The number of urea groups is 1. The van der Waals surface area contributed by atoms with Crippen molar-refractivity contribution in [3.8, 4) is 0 Å². The fourth-order valence-corrected chi connectivity index (χ4v) is 5.22. The van der Waals surface area contributed by atoms with Crippen LogP contribution in [0.5, 0.6) is 0 Å². The second kappa shape index (κ2) is 8.00. The van der Waals surface area contributed by atoms with Gasteiger partial charge in [0.1, 0.15) is 5.69 Å². The molecule has 0 bridgehead atoms. The maximum Gasteiger partial charge on any atom is 0.322 e. The Hall–Kier alpha value is -2.89. The van der Waals surface area contributed by atoms with Crippen molar-refractivity contribution in [1.29, 1.82) is 0 Å². The van der Waals surface area contributed by atoms with Gasteiger partial charge in [-0.25, -0.2) is 4.79 Å². The van der Waals surface area contributed by atoms with Crippen LogP contribution < -0.4 is 10.2 Å². The maximum absolute atomic E-state index is 12.5. The van der Waals surface area contributed by atoms with Crippen LogP contribution in [0.2, 0.25) is 0 Å². The van der Waals surface area contributed by atoms with Crippen molar-refractivity contribution in [3.63, 3.8) is 0 Å². The smallest absolute Gasteiger partial charge is 0.322 e. The highest BCUT2D eigenvalue weighted by molar-refractivity contribution is 8.00. The monoisotopic (exact) mass is 410 g/mol. The zero-order valence-corrected chi connectivity index (χ0v) is 15.5. The second-order valence-electron chi connectivity index (χ2n) is 6.62. The molecular formula is C16H18N4O7S. The number of amides is 2. The Morgan fingerprint density at radius 3 is 2.68 bits per heavy atom. The van der Waals surface area contributed by atoms with Crippen LogP contribution in [0.15, 0.2) is 18.2 Å². The van der Waals surface area contributed by atoms with Crippen LogP contribution in [-0.4, -0.2) is 50.0 Å². The molecule has 2 amide bonds. The first-order valence-corrected chi connectivity index (χ1v) is 9.70. The first-order chi connectivity index (χ1) is 13.3. The highest BCUT2D eigenvalue weighted by atomic mass is 32.2. The van der Waals surface area contributed by atoms with E-state index >= 15 is 0 Å². The molecule has 0 unspecified atom stereocenters. The average molecular weight is 410 g/mol. The van der Waals surface area contributed by atoms with E-state index in [2.05, 4.69) is 5.32 Å². The molecule has 3 rings (SSSR count).